The number of nitrogens with one attached hydrogen (secondary N) is 3. The summed E-state index contributed by atoms with van der Waals surface area (Å²) in [7, 11) is 0. The molecule has 0 radical (unpaired) electrons. The maximum atomic E-state index is 13.0. The summed E-state index contributed by atoms with van der Waals surface area (Å²) >= 11 is 0. The second-order valence-electron chi connectivity index (χ2n) is 14.5. The van der Waals surface area contributed by atoms with Crippen LogP contribution in [0.2, 0.25) is 0 Å². The predicted octanol–water partition coefficient (Wildman–Crippen LogP) is -3.47. The fourth-order valence-electron chi connectivity index (χ4n) is 6.15. The van der Waals surface area contributed by atoms with Crippen LogP contribution in [0, 0.1) is 5.92 Å². The summed E-state index contributed by atoms with van der Waals surface area (Å²) in [4.78, 5) is 154. The van der Waals surface area contributed by atoms with Crippen LogP contribution in [-0.2, 0) is 78.9 Å². The Morgan fingerprint density at radius 2 is 0.985 bits per heavy atom. The number of carboxylic acid groups (broad SMARTS) is 8. The van der Waals surface area contributed by atoms with Crippen LogP contribution in [0.3, 0.4) is 0 Å². The van der Waals surface area contributed by atoms with Crippen molar-refractivity contribution in [3.8, 4) is 0 Å². The Kier molecular flexibility index (Phi) is 22.3. The molecule has 11 N–H and O–H groups in total. The Hall–Kier alpha value is -8.18. The molecule has 0 aliphatic carbocycles. The van der Waals surface area contributed by atoms with Crippen LogP contribution >= 0.6 is 0 Å². The monoisotopic (exact) mass is 954 g/mol. The number of aromatic nitrogens is 4. The van der Waals surface area contributed by atoms with E-state index in [0.717, 1.165) is 0 Å². The molecule has 5 amide bonds. The molecular formula is C37H50N10O20. The van der Waals surface area contributed by atoms with Crippen LogP contribution in [0.1, 0.15) is 50.2 Å². The second-order valence-corrected chi connectivity index (χ2v) is 14.5. The van der Waals surface area contributed by atoms with Crippen molar-refractivity contribution in [2.75, 3.05) is 39.3 Å². The fourth-order valence-corrected chi connectivity index (χ4v) is 6.15. The number of carbonyl (C=O) groups excluding carboxylic acids is 4. The van der Waals surface area contributed by atoms with Gasteiger partial charge in [-0.2, -0.15) is 0 Å². The number of carboxylic acids is 8. The summed E-state index contributed by atoms with van der Waals surface area (Å²) in [6.07, 6.45) is 3.69. The first-order chi connectivity index (χ1) is 31.5. The molecule has 2 aromatic rings. The van der Waals surface area contributed by atoms with E-state index < -0.39 is 155 Å². The number of amides is 5. The van der Waals surface area contributed by atoms with E-state index in [-0.39, 0.29) is 50.5 Å². The highest BCUT2D eigenvalue weighted by Crippen LogP contribution is 2.15. The third-order valence-electron chi connectivity index (χ3n) is 9.37. The quantitative estimate of drug-likeness (QED) is 0.0244. The minimum absolute atomic E-state index is 0.0610. The Balaban J connectivity index is 2.22. The molecule has 0 fully saturated rings. The van der Waals surface area contributed by atoms with Crippen molar-refractivity contribution in [3.63, 3.8) is 0 Å². The van der Waals surface area contributed by atoms with Gasteiger partial charge in [0.25, 0.3) is 0 Å². The van der Waals surface area contributed by atoms with Crippen molar-refractivity contribution >= 4 is 71.5 Å². The number of imidazole rings is 2. The molecule has 2 aromatic heterocycles. The molecule has 0 spiro atoms. The molecule has 0 saturated carbocycles. The lowest BCUT2D eigenvalue weighted by Gasteiger charge is -2.24. The molecule has 0 saturated heterocycles. The van der Waals surface area contributed by atoms with Gasteiger partial charge in [-0.3, -0.25) is 48.1 Å². The van der Waals surface area contributed by atoms with Crippen molar-refractivity contribution in [2.24, 2.45) is 5.92 Å². The van der Waals surface area contributed by atoms with Crippen LogP contribution in [-0.4, -0.2) is 198 Å². The Bertz CT molecular complexity index is 2020. The van der Waals surface area contributed by atoms with E-state index in [1.54, 1.807) is 4.90 Å². The van der Waals surface area contributed by atoms with E-state index in [2.05, 4.69) is 15.3 Å². The average molecular weight is 955 g/mol. The number of unbranched alkanes of at least 4 members (excludes halogenated alkanes) is 1. The van der Waals surface area contributed by atoms with Gasteiger partial charge in [0.1, 0.15) is 68.9 Å². The Morgan fingerprint density at radius 3 is 1.37 bits per heavy atom. The Morgan fingerprint density at radius 1 is 0.552 bits per heavy atom. The van der Waals surface area contributed by atoms with Gasteiger partial charge in [-0.15, -0.1) is 0 Å². The Labute approximate surface area is 377 Å². The largest absolute Gasteiger partial charge is 0.481 e. The number of hydrogen-bond donors (Lipinski definition) is 11. The standard InChI is InChI=1S/C37H50N10O20/c48-26(46(17-29(52)53)18-30(54)55)15-44-11-8-38-24(44)13-43(14-25-39-9-12-45(25)16-27(49)47(19-31(56)57)20-32(58)59)10-2-1-3-21(34(61)62)33(60)40-7-6-23(36(65)66)42-37(67)41-22(35(63)64)4-5-28(50)51/h8-9,11-12,21-23H,1-7,10,13-20H2,(H,40,60)(H,50,51)(H,52,53)(H,54,55)(H,56,57)(H,58,59)(H,61,62)(H,63,64)(H,65,66)(H2,41,42,67)/t21?,22-,23-/m0/s1. The second kappa shape index (κ2) is 27.2. The number of rotatable bonds is 33. The van der Waals surface area contributed by atoms with Crippen molar-refractivity contribution in [1.82, 2.24) is 49.8 Å². The van der Waals surface area contributed by atoms with Gasteiger partial charge in [-0.1, -0.05) is 6.42 Å². The normalized spacial score (nSPS) is 12.2. The lowest BCUT2D eigenvalue weighted by Crippen LogP contribution is -2.52. The van der Waals surface area contributed by atoms with Crippen LogP contribution in [0.25, 0.3) is 0 Å². The van der Waals surface area contributed by atoms with Crippen molar-refractivity contribution < 1.29 is 98.4 Å². The zero-order chi connectivity index (χ0) is 50.4. The maximum absolute atomic E-state index is 13.0. The minimum Gasteiger partial charge on any atom is -0.481 e. The summed E-state index contributed by atoms with van der Waals surface area (Å²) in [6.45, 7) is -5.34. The molecule has 67 heavy (non-hydrogen) atoms. The topological polar surface area (TPSA) is 448 Å². The number of nitrogens with zero attached hydrogens (tertiary/aromatic N) is 7. The van der Waals surface area contributed by atoms with Gasteiger partial charge < -0.3 is 75.7 Å². The van der Waals surface area contributed by atoms with Crippen LogP contribution in [0.15, 0.2) is 24.8 Å². The van der Waals surface area contributed by atoms with Crippen molar-refractivity contribution in [3.05, 3.63) is 36.4 Å². The number of carbonyl (C=O) groups is 12. The van der Waals surface area contributed by atoms with Gasteiger partial charge in [-0.25, -0.2) is 24.4 Å². The molecule has 0 bridgehead atoms. The molecule has 2 rings (SSSR count). The van der Waals surface area contributed by atoms with E-state index in [1.807, 2.05) is 10.6 Å². The van der Waals surface area contributed by atoms with Gasteiger partial charge in [0.05, 0.1) is 13.1 Å². The van der Waals surface area contributed by atoms with Gasteiger partial charge in [0.15, 0.2) is 0 Å². The zero-order valence-electron chi connectivity index (χ0n) is 35.5. The van der Waals surface area contributed by atoms with Gasteiger partial charge >= 0.3 is 53.8 Å². The molecule has 1 unspecified atom stereocenters. The first-order valence-electron chi connectivity index (χ1n) is 19.9. The predicted molar refractivity (Wildman–Crippen MR) is 216 cm³/mol. The van der Waals surface area contributed by atoms with Crippen LogP contribution in [0.4, 0.5) is 4.79 Å². The van der Waals surface area contributed by atoms with Gasteiger partial charge in [0, 0.05) is 37.8 Å². The SMILES string of the molecule is O=C(O)CC[C@H](NC(=O)N[C@@H](CCNC(=O)C(CCCCN(Cc1nccn1CC(=O)N(CC(=O)O)CC(=O)O)Cc1nccn1CC(=O)N(CC(=O)O)CC(=O)O)C(=O)O)C(=O)O)C(=O)O. The van der Waals surface area contributed by atoms with Crippen LogP contribution < -0.4 is 16.0 Å². The molecule has 0 aliphatic rings. The highest BCUT2D eigenvalue weighted by molar-refractivity contribution is 5.97. The highest BCUT2D eigenvalue weighted by Gasteiger charge is 2.29. The summed E-state index contributed by atoms with van der Waals surface area (Å²) in [5.74, 6) is -16.0. The number of hydrogen-bond acceptors (Lipinski definition) is 15. The molecule has 30 nitrogen and oxygen atoms in total. The maximum Gasteiger partial charge on any atom is 0.326 e. The zero-order valence-corrected chi connectivity index (χ0v) is 35.5. The van der Waals surface area contributed by atoms with Gasteiger partial charge in [0.2, 0.25) is 17.7 Å². The molecule has 30 heteroatoms. The summed E-state index contributed by atoms with van der Waals surface area (Å²) in [5, 5.41) is 80.5. The summed E-state index contributed by atoms with van der Waals surface area (Å²) in [6, 6.07) is -4.63. The van der Waals surface area contributed by atoms with Crippen LogP contribution in [0.5, 0.6) is 0 Å². The molecular weight excluding hydrogens is 904 g/mol. The van der Waals surface area contributed by atoms with E-state index in [4.69, 9.17) is 5.11 Å². The minimum atomic E-state index is -1.70. The lowest BCUT2D eigenvalue weighted by atomic mass is 10.0. The molecule has 0 aliphatic heterocycles. The lowest BCUT2D eigenvalue weighted by molar-refractivity contribution is -0.150. The van der Waals surface area contributed by atoms with E-state index in [9.17, 15) is 93.3 Å². The van der Waals surface area contributed by atoms with E-state index in [0.29, 0.717) is 9.80 Å². The van der Waals surface area contributed by atoms with Crippen molar-refractivity contribution in [1.29, 1.82) is 0 Å². The summed E-state index contributed by atoms with van der Waals surface area (Å²) < 4.78 is 2.63. The molecule has 3 atom stereocenters. The van der Waals surface area contributed by atoms with Gasteiger partial charge in [-0.05, 0) is 32.2 Å². The third-order valence-corrected chi connectivity index (χ3v) is 9.37. The third kappa shape index (κ3) is 20.5. The van der Waals surface area contributed by atoms with E-state index in [1.165, 1.54) is 33.9 Å². The first-order valence-corrected chi connectivity index (χ1v) is 19.9. The molecule has 0 aromatic carbocycles. The number of urea groups is 1. The molecule has 2 heterocycles. The smallest absolute Gasteiger partial charge is 0.326 e. The summed E-state index contributed by atoms with van der Waals surface area (Å²) in [5.41, 5.74) is 0. The highest BCUT2D eigenvalue weighted by atomic mass is 16.4. The molecule has 368 valence electrons. The number of aliphatic carboxylic acids is 8. The first kappa shape index (κ1) is 55.0. The van der Waals surface area contributed by atoms with Crippen molar-refractivity contribution in [2.45, 2.75) is 76.8 Å². The fraction of sp³-hybridized carbons (Fsp3) is 0.514. The van der Waals surface area contributed by atoms with E-state index >= 15 is 0 Å². The average Bonchev–Trinajstić information content (AvgIpc) is 3.85.